The van der Waals surface area contributed by atoms with E-state index in [-0.39, 0.29) is 23.2 Å². The number of nitriles is 1. The summed E-state index contributed by atoms with van der Waals surface area (Å²) in [4.78, 5) is 0. The third-order valence-corrected chi connectivity index (χ3v) is 2.09. The van der Waals surface area contributed by atoms with Gasteiger partial charge in [-0.3, -0.25) is 0 Å². The fraction of sp³-hybridized carbons (Fsp3) is 0.300. The van der Waals surface area contributed by atoms with E-state index in [0.29, 0.717) is 0 Å². The Morgan fingerprint density at radius 2 is 2.20 bits per heavy atom. The van der Waals surface area contributed by atoms with Gasteiger partial charge in [-0.1, -0.05) is 11.6 Å². The first kappa shape index (κ1) is 11.7. The van der Waals surface area contributed by atoms with Crippen LogP contribution in [0.5, 0.6) is 0 Å². The van der Waals surface area contributed by atoms with E-state index in [1.54, 1.807) is 6.92 Å². The Labute approximate surface area is 91.5 Å². The Hall–Kier alpha value is -1.34. The summed E-state index contributed by atoms with van der Waals surface area (Å²) in [7, 11) is 0. The maximum absolute atomic E-state index is 13.2. The molecule has 0 saturated heterocycles. The summed E-state index contributed by atoms with van der Waals surface area (Å²) in [5.74, 6) is -1.49. The minimum atomic E-state index is -0.759. The van der Waals surface area contributed by atoms with Crippen molar-refractivity contribution in [2.24, 2.45) is 0 Å². The predicted octanol–water partition coefficient (Wildman–Crippen LogP) is 3.33. The fourth-order valence-corrected chi connectivity index (χ4v) is 1.36. The Bertz CT molecular complexity index is 378. The molecule has 1 aromatic carbocycles. The maximum atomic E-state index is 13.2. The van der Waals surface area contributed by atoms with Crippen molar-refractivity contribution in [3.63, 3.8) is 0 Å². The molecule has 0 heterocycles. The molecule has 0 aliphatic rings. The summed E-state index contributed by atoms with van der Waals surface area (Å²) in [5.41, 5.74) is 0.0285. The van der Waals surface area contributed by atoms with Gasteiger partial charge in [-0.25, -0.2) is 8.78 Å². The van der Waals surface area contributed by atoms with Crippen LogP contribution in [0, 0.1) is 23.0 Å². The van der Waals surface area contributed by atoms with Crippen molar-refractivity contribution >= 4 is 17.3 Å². The molecule has 0 saturated carbocycles. The third kappa shape index (κ3) is 3.07. The maximum Gasteiger partial charge on any atom is 0.150 e. The van der Waals surface area contributed by atoms with Gasteiger partial charge in [0.15, 0.2) is 5.82 Å². The molecule has 2 nitrogen and oxygen atoms in total. The average Bonchev–Trinajstić information content (AvgIpc) is 2.11. The van der Waals surface area contributed by atoms with E-state index in [4.69, 9.17) is 16.9 Å². The van der Waals surface area contributed by atoms with Gasteiger partial charge in [0.1, 0.15) is 5.82 Å². The first-order chi connectivity index (χ1) is 7.04. The zero-order valence-electron chi connectivity index (χ0n) is 8.02. The first-order valence-electron chi connectivity index (χ1n) is 4.32. The van der Waals surface area contributed by atoms with E-state index in [9.17, 15) is 8.78 Å². The quantitative estimate of drug-likeness (QED) is 0.865. The number of nitrogens with one attached hydrogen (secondary N) is 1. The zero-order chi connectivity index (χ0) is 11.4. The van der Waals surface area contributed by atoms with Crippen LogP contribution in [-0.2, 0) is 0 Å². The topological polar surface area (TPSA) is 35.8 Å². The van der Waals surface area contributed by atoms with Crippen LogP contribution in [0.1, 0.15) is 13.3 Å². The van der Waals surface area contributed by atoms with Crippen LogP contribution in [0.2, 0.25) is 5.02 Å². The molecule has 1 N–H and O–H groups in total. The molecule has 0 radical (unpaired) electrons. The standard InChI is InChI=1S/C10H9ClF2N2/c1-6(2-3-14)15-10-8(11)4-7(12)5-9(10)13/h4-6,15H,2H2,1H3. The molecule has 0 aliphatic heterocycles. The zero-order valence-corrected chi connectivity index (χ0v) is 8.78. The van der Waals surface area contributed by atoms with Gasteiger partial charge in [0.2, 0.25) is 0 Å². The first-order valence-corrected chi connectivity index (χ1v) is 4.70. The number of benzene rings is 1. The summed E-state index contributed by atoms with van der Waals surface area (Å²) >= 11 is 5.65. The van der Waals surface area contributed by atoms with E-state index < -0.39 is 11.6 Å². The van der Waals surface area contributed by atoms with E-state index in [0.717, 1.165) is 12.1 Å². The summed E-state index contributed by atoms with van der Waals surface area (Å²) < 4.78 is 25.9. The Kier molecular flexibility index (Phi) is 3.87. The highest BCUT2D eigenvalue weighted by Gasteiger charge is 2.11. The second-order valence-corrected chi connectivity index (χ2v) is 3.56. The lowest BCUT2D eigenvalue weighted by Crippen LogP contribution is -2.15. The van der Waals surface area contributed by atoms with E-state index in [1.165, 1.54) is 0 Å². The lowest BCUT2D eigenvalue weighted by atomic mass is 10.2. The Morgan fingerprint density at radius 3 is 2.73 bits per heavy atom. The minimum Gasteiger partial charge on any atom is -0.378 e. The van der Waals surface area contributed by atoms with Crippen molar-refractivity contribution in [3.8, 4) is 6.07 Å². The van der Waals surface area contributed by atoms with Crippen LogP contribution in [0.25, 0.3) is 0 Å². The van der Waals surface area contributed by atoms with Crippen LogP contribution >= 0.6 is 11.6 Å². The van der Waals surface area contributed by atoms with Gasteiger partial charge in [0.25, 0.3) is 0 Å². The fourth-order valence-electron chi connectivity index (χ4n) is 1.11. The number of halogens is 3. The summed E-state index contributed by atoms with van der Waals surface area (Å²) in [6.45, 7) is 1.71. The third-order valence-electron chi connectivity index (χ3n) is 1.80. The Balaban J connectivity index is 2.91. The van der Waals surface area contributed by atoms with Gasteiger partial charge < -0.3 is 5.32 Å². The number of hydrogen-bond acceptors (Lipinski definition) is 2. The molecule has 1 atom stereocenters. The molecule has 15 heavy (non-hydrogen) atoms. The van der Waals surface area contributed by atoms with Gasteiger partial charge in [0.05, 0.1) is 23.2 Å². The highest BCUT2D eigenvalue weighted by Crippen LogP contribution is 2.27. The van der Waals surface area contributed by atoms with Gasteiger partial charge in [-0.2, -0.15) is 5.26 Å². The highest BCUT2D eigenvalue weighted by atomic mass is 35.5. The number of rotatable bonds is 3. The van der Waals surface area contributed by atoms with E-state index in [2.05, 4.69) is 5.32 Å². The van der Waals surface area contributed by atoms with Crippen LogP contribution < -0.4 is 5.32 Å². The highest BCUT2D eigenvalue weighted by molar-refractivity contribution is 6.33. The van der Waals surface area contributed by atoms with Gasteiger partial charge in [-0.15, -0.1) is 0 Å². The SMILES string of the molecule is CC(CC#N)Nc1c(F)cc(F)cc1Cl. The van der Waals surface area contributed by atoms with Crippen LogP contribution in [-0.4, -0.2) is 6.04 Å². The van der Waals surface area contributed by atoms with E-state index in [1.807, 2.05) is 6.07 Å². The molecular formula is C10H9ClF2N2. The minimum absolute atomic E-state index is 0.0285. The van der Waals surface area contributed by atoms with Crippen molar-refractivity contribution in [2.45, 2.75) is 19.4 Å². The van der Waals surface area contributed by atoms with Crippen LogP contribution in [0.15, 0.2) is 12.1 Å². The summed E-state index contributed by atoms with van der Waals surface area (Å²) in [6.07, 6.45) is 0.215. The van der Waals surface area contributed by atoms with Crippen molar-refractivity contribution in [1.82, 2.24) is 0 Å². The van der Waals surface area contributed by atoms with Crippen molar-refractivity contribution in [2.75, 3.05) is 5.32 Å². The average molecular weight is 231 g/mol. The van der Waals surface area contributed by atoms with Crippen molar-refractivity contribution < 1.29 is 8.78 Å². The molecule has 0 fully saturated rings. The molecule has 80 valence electrons. The Morgan fingerprint density at radius 1 is 1.53 bits per heavy atom. The van der Waals surface area contributed by atoms with Gasteiger partial charge in [-0.05, 0) is 13.0 Å². The van der Waals surface area contributed by atoms with E-state index >= 15 is 0 Å². The van der Waals surface area contributed by atoms with Crippen molar-refractivity contribution in [3.05, 3.63) is 28.8 Å². The number of anilines is 1. The molecule has 1 unspecified atom stereocenters. The second-order valence-electron chi connectivity index (χ2n) is 3.15. The largest absolute Gasteiger partial charge is 0.378 e. The molecule has 0 aliphatic carbocycles. The normalized spacial score (nSPS) is 11.9. The number of hydrogen-bond donors (Lipinski definition) is 1. The smallest absolute Gasteiger partial charge is 0.150 e. The summed E-state index contributed by atoms with van der Waals surface area (Å²) in [5, 5.41) is 11.1. The van der Waals surface area contributed by atoms with Crippen molar-refractivity contribution in [1.29, 1.82) is 5.26 Å². The lowest BCUT2D eigenvalue weighted by molar-refractivity contribution is 0.583. The predicted molar refractivity (Wildman–Crippen MR) is 54.7 cm³/mol. The lowest BCUT2D eigenvalue weighted by Gasteiger charge is -2.14. The molecule has 0 bridgehead atoms. The second kappa shape index (κ2) is 4.94. The molecule has 0 spiro atoms. The molecule has 1 rings (SSSR count). The van der Waals surface area contributed by atoms with Crippen LogP contribution in [0.4, 0.5) is 14.5 Å². The molecule has 5 heteroatoms. The molecular weight excluding hydrogens is 222 g/mol. The van der Waals surface area contributed by atoms with Gasteiger partial charge in [0, 0.05) is 12.1 Å². The monoisotopic (exact) mass is 230 g/mol. The number of nitrogens with zero attached hydrogens (tertiary/aromatic N) is 1. The summed E-state index contributed by atoms with van der Waals surface area (Å²) in [6, 6.07) is 3.46. The molecule has 0 amide bonds. The molecule has 0 aromatic heterocycles. The molecule has 1 aromatic rings. The van der Waals surface area contributed by atoms with Crippen LogP contribution in [0.3, 0.4) is 0 Å². The van der Waals surface area contributed by atoms with Gasteiger partial charge >= 0.3 is 0 Å².